The molecule has 0 bridgehead atoms. The summed E-state index contributed by atoms with van der Waals surface area (Å²) in [5.74, 6) is 0.405. The van der Waals surface area contributed by atoms with Gasteiger partial charge in [0.15, 0.2) is 5.72 Å². The lowest BCUT2D eigenvalue weighted by Crippen LogP contribution is -2.59. The quantitative estimate of drug-likeness (QED) is 0.501. The van der Waals surface area contributed by atoms with Gasteiger partial charge in [0.25, 0.3) is 0 Å². The third kappa shape index (κ3) is 2.70. The van der Waals surface area contributed by atoms with Gasteiger partial charge in [0.05, 0.1) is 6.61 Å². The van der Waals surface area contributed by atoms with E-state index in [2.05, 4.69) is 36.1 Å². The van der Waals surface area contributed by atoms with E-state index in [0.717, 1.165) is 31.4 Å². The number of aliphatic hydroxyl groups is 1. The Balaban J connectivity index is 1.73. The zero-order valence-corrected chi connectivity index (χ0v) is 12.7. The minimum atomic E-state index is -0.0544. The van der Waals surface area contributed by atoms with Crippen LogP contribution in [0, 0.1) is 0 Å². The standard InChI is InChI=1S/C18H23NO2/c1-3-4-10-17(20)14(2)11-16-12-18(13-21-18)19(16)15-8-6-5-7-9-15/h4-10,16,20H,3,11-13H2,1-2H3/b10-4-,17-14-. The highest BCUT2D eigenvalue weighted by Crippen LogP contribution is 2.51. The number of aliphatic hydroxyl groups excluding tert-OH is 1. The molecule has 112 valence electrons. The Hall–Kier alpha value is -1.74. The number of anilines is 1. The van der Waals surface area contributed by atoms with Gasteiger partial charge < -0.3 is 14.7 Å². The average Bonchev–Trinajstić information content (AvgIpc) is 3.27. The highest BCUT2D eigenvalue weighted by molar-refractivity contribution is 5.55. The minimum Gasteiger partial charge on any atom is -0.508 e. The van der Waals surface area contributed by atoms with Crippen molar-refractivity contribution >= 4 is 5.69 Å². The molecule has 3 heteroatoms. The maximum absolute atomic E-state index is 10.1. The molecule has 0 radical (unpaired) electrons. The van der Waals surface area contributed by atoms with Gasteiger partial charge in [-0.15, -0.1) is 0 Å². The molecule has 2 unspecified atom stereocenters. The van der Waals surface area contributed by atoms with Crippen LogP contribution < -0.4 is 4.90 Å². The van der Waals surface area contributed by atoms with Gasteiger partial charge in [-0.2, -0.15) is 0 Å². The second kappa shape index (κ2) is 5.57. The second-order valence-electron chi connectivity index (χ2n) is 5.98. The third-order valence-corrected chi connectivity index (χ3v) is 4.36. The summed E-state index contributed by atoms with van der Waals surface area (Å²) in [6, 6.07) is 10.8. The molecule has 1 aromatic carbocycles. The van der Waals surface area contributed by atoms with Crippen molar-refractivity contribution in [2.24, 2.45) is 0 Å². The average molecular weight is 285 g/mol. The summed E-state index contributed by atoms with van der Waals surface area (Å²) in [7, 11) is 0. The van der Waals surface area contributed by atoms with Gasteiger partial charge >= 0.3 is 0 Å². The van der Waals surface area contributed by atoms with Crippen molar-refractivity contribution in [2.45, 2.75) is 44.9 Å². The molecule has 1 N–H and O–H groups in total. The van der Waals surface area contributed by atoms with E-state index in [4.69, 9.17) is 4.74 Å². The fraction of sp³-hybridized carbons (Fsp3) is 0.444. The summed E-state index contributed by atoms with van der Waals surface area (Å²) < 4.78 is 5.67. The van der Waals surface area contributed by atoms with E-state index in [9.17, 15) is 5.11 Å². The number of ether oxygens (including phenoxy) is 1. The molecule has 2 heterocycles. The summed E-state index contributed by atoms with van der Waals surface area (Å²) >= 11 is 0. The van der Waals surface area contributed by atoms with Crippen LogP contribution in [-0.2, 0) is 4.74 Å². The van der Waals surface area contributed by atoms with Gasteiger partial charge in [0.1, 0.15) is 5.76 Å². The van der Waals surface area contributed by atoms with Gasteiger partial charge in [-0.3, -0.25) is 0 Å². The Morgan fingerprint density at radius 2 is 2.14 bits per heavy atom. The predicted molar refractivity (Wildman–Crippen MR) is 85.4 cm³/mol. The summed E-state index contributed by atoms with van der Waals surface area (Å²) in [5.41, 5.74) is 2.20. The number of benzene rings is 1. The van der Waals surface area contributed by atoms with Gasteiger partial charge in [-0.1, -0.05) is 31.2 Å². The normalized spacial score (nSPS) is 28.7. The number of hydrogen-bond donors (Lipinski definition) is 1. The first-order valence-electron chi connectivity index (χ1n) is 7.70. The van der Waals surface area contributed by atoms with Crippen molar-refractivity contribution < 1.29 is 9.84 Å². The molecule has 2 fully saturated rings. The molecule has 3 nitrogen and oxygen atoms in total. The Morgan fingerprint density at radius 3 is 2.76 bits per heavy atom. The lowest BCUT2D eigenvalue weighted by atomic mass is 9.87. The van der Waals surface area contributed by atoms with Gasteiger partial charge in [-0.05, 0) is 43.5 Å². The molecule has 2 aliphatic rings. The first kappa shape index (κ1) is 14.2. The first-order chi connectivity index (χ1) is 10.2. The van der Waals surface area contributed by atoms with E-state index in [1.165, 1.54) is 5.69 Å². The van der Waals surface area contributed by atoms with Crippen molar-refractivity contribution in [1.82, 2.24) is 0 Å². The van der Waals surface area contributed by atoms with Crippen LogP contribution in [-0.4, -0.2) is 23.5 Å². The Labute approximate surface area is 126 Å². The Bertz CT molecular complexity index is 558. The van der Waals surface area contributed by atoms with Crippen LogP contribution in [0.3, 0.4) is 0 Å². The van der Waals surface area contributed by atoms with Crippen LogP contribution in [0.25, 0.3) is 0 Å². The van der Waals surface area contributed by atoms with Crippen LogP contribution in [0.4, 0.5) is 5.69 Å². The van der Waals surface area contributed by atoms with E-state index in [1.54, 1.807) is 0 Å². The summed E-state index contributed by atoms with van der Waals surface area (Å²) in [6.45, 7) is 4.90. The van der Waals surface area contributed by atoms with E-state index < -0.39 is 0 Å². The van der Waals surface area contributed by atoms with Gasteiger partial charge in [0.2, 0.25) is 0 Å². The monoisotopic (exact) mass is 285 g/mol. The molecular formula is C18H23NO2. The second-order valence-corrected chi connectivity index (χ2v) is 5.98. The van der Waals surface area contributed by atoms with Gasteiger partial charge in [0, 0.05) is 18.2 Å². The molecule has 0 aliphatic carbocycles. The summed E-state index contributed by atoms with van der Waals surface area (Å²) in [5, 5.41) is 10.1. The maximum atomic E-state index is 10.1. The van der Waals surface area contributed by atoms with Crippen LogP contribution in [0.1, 0.15) is 33.1 Å². The Kier molecular flexibility index (Phi) is 3.77. The number of epoxide rings is 1. The van der Waals surface area contributed by atoms with Crippen molar-refractivity contribution in [1.29, 1.82) is 0 Å². The van der Waals surface area contributed by atoms with Crippen LogP contribution in [0.2, 0.25) is 0 Å². The lowest BCUT2D eigenvalue weighted by molar-refractivity contribution is 0.171. The van der Waals surface area contributed by atoms with E-state index in [-0.39, 0.29) is 5.72 Å². The highest BCUT2D eigenvalue weighted by atomic mass is 16.6. The maximum Gasteiger partial charge on any atom is 0.167 e. The highest BCUT2D eigenvalue weighted by Gasteiger charge is 2.61. The number of allylic oxidation sites excluding steroid dienone is 2. The van der Waals surface area contributed by atoms with Crippen LogP contribution in [0.5, 0.6) is 0 Å². The van der Waals surface area contributed by atoms with Crippen molar-refractivity contribution in [3.8, 4) is 0 Å². The van der Waals surface area contributed by atoms with E-state index >= 15 is 0 Å². The fourth-order valence-corrected chi connectivity index (χ4v) is 3.15. The first-order valence-corrected chi connectivity index (χ1v) is 7.70. The molecule has 2 aliphatic heterocycles. The fourth-order valence-electron chi connectivity index (χ4n) is 3.15. The van der Waals surface area contributed by atoms with Crippen molar-refractivity contribution in [3.05, 3.63) is 53.8 Å². The number of hydrogen-bond acceptors (Lipinski definition) is 3. The molecule has 3 rings (SSSR count). The van der Waals surface area contributed by atoms with Crippen LogP contribution >= 0.6 is 0 Å². The van der Waals surface area contributed by atoms with Gasteiger partial charge in [-0.25, -0.2) is 0 Å². The summed E-state index contributed by atoms with van der Waals surface area (Å²) in [4.78, 5) is 2.37. The molecule has 0 aromatic heterocycles. The van der Waals surface area contributed by atoms with E-state index in [0.29, 0.717) is 11.8 Å². The smallest absolute Gasteiger partial charge is 0.167 e. The lowest BCUT2D eigenvalue weighted by Gasteiger charge is -2.49. The van der Waals surface area contributed by atoms with Crippen molar-refractivity contribution in [3.63, 3.8) is 0 Å². The topological polar surface area (TPSA) is 36.0 Å². The predicted octanol–water partition coefficient (Wildman–Crippen LogP) is 4.18. The molecule has 1 spiro atoms. The molecule has 2 saturated heterocycles. The van der Waals surface area contributed by atoms with E-state index in [1.807, 2.05) is 25.1 Å². The minimum absolute atomic E-state index is 0.0544. The molecular weight excluding hydrogens is 262 g/mol. The van der Waals surface area contributed by atoms with Crippen LogP contribution in [0.15, 0.2) is 53.8 Å². The molecule has 21 heavy (non-hydrogen) atoms. The summed E-state index contributed by atoms with van der Waals surface area (Å²) in [6.07, 6.45) is 6.65. The Morgan fingerprint density at radius 1 is 1.43 bits per heavy atom. The number of nitrogens with zero attached hydrogens (tertiary/aromatic N) is 1. The zero-order chi connectivity index (χ0) is 14.9. The molecule has 2 atom stereocenters. The number of para-hydroxylation sites is 1. The third-order valence-electron chi connectivity index (χ3n) is 4.36. The SMILES string of the molecule is CC/C=C\C(O)=C(/C)CC1CC2(CO2)N1c1ccccc1. The molecule has 0 amide bonds. The molecule has 0 saturated carbocycles. The number of rotatable bonds is 5. The largest absolute Gasteiger partial charge is 0.508 e. The van der Waals surface area contributed by atoms with Crippen molar-refractivity contribution in [2.75, 3.05) is 11.5 Å². The molecule has 1 aromatic rings. The zero-order valence-electron chi connectivity index (χ0n) is 12.7.